The summed E-state index contributed by atoms with van der Waals surface area (Å²) in [6.45, 7) is 9.95. The summed E-state index contributed by atoms with van der Waals surface area (Å²) in [5, 5.41) is 1.02. The molecule has 2 heterocycles. The Balaban J connectivity index is 1.53. The van der Waals surface area contributed by atoms with Gasteiger partial charge in [0.1, 0.15) is 5.69 Å². The summed E-state index contributed by atoms with van der Waals surface area (Å²) >= 11 is 0. The molecule has 206 valence electrons. The highest BCUT2D eigenvalue weighted by atomic mass is 16.2. The Labute approximate surface area is 233 Å². The van der Waals surface area contributed by atoms with Crippen LogP contribution in [0.15, 0.2) is 54.6 Å². The average molecular weight is 527 g/mol. The molecule has 3 aromatic rings. The number of fused-ring (bicyclic) bond motifs is 2. The van der Waals surface area contributed by atoms with Crippen molar-refractivity contribution in [3.63, 3.8) is 0 Å². The number of hydrogen-bond acceptors (Lipinski definition) is 4. The number of aryl methyl sites for hydroxylation is 1. The number of pyridine rings is 1. The van der Waals surface area contributed by atoms with Gasteiger partial charge < -0.3 is 9.80 Å². The van der Waals surface area contributed by atoms with Crippen molar-refractivity contribution in [1.82, 2.24) is 14.8 Å². The predicted octanol–water partition coefficient (Wildman–Crippen LogP) is 6.21. The average Bonchev–Trinajstić information content (AvgIpc) is 2.99. The molecule has 0 spiro atoms. The number of aromatic nitrogens is 1. The largest absolute Gasteiger partial charge is 0.332 e. The van der Waals surface area contributed by atoms with E-state index >= 15 is 0 Å². The standard InChI is InChI=1S/C33H42N4O2/c1-24(2)35-19-10-20-37(32(38)27-13-5-4-6-14-27)31-25(3)11-9-15-28(31)23-36(22-21-35)33(39)30-18-17-26-12-7-8-16-29(26)34-30/h7-9,11-12,15-18,24,27H,4-6,10,13-14,19-23H2,1-3H3. The second kappa shape index (κ2) is 12.3. The SMILES string of the molecule is Cc1cccc2c1N(C(=O)C1CCCCC1)CCCN(C(C)C)CCN(C(=O)c1ccc3ccccc3n1)C2. The van der Waals surface area contributed by atoms with Crippen molar-refractivity contribution >= 4 is 28.4 Å². The van der Waals surface area contributed by atoms with Gasteiger partial charge in [0.15, 0.2) is 0 Å². The lowest BCUT2D eigenvalue weighted by Crippen LogP contribution is -2.42. The monoisotopic (exact) mass is 526 g/mol. The zero-order chi connectivity index (χ0) is 27.4. The molecule has 1 fully saturated rings. The molecule has 1 aliphatic carbocycles. The fourth-order valence-corrected chi connectivity index (χ4v) is 6.25. The number of carbonyl (C=O) groups is 2. The summed E-state index contributed by atoms with van der Waals surface area (Å²) in [5.74, 6) is 0.285. The van der Waals surface area contributed by atoms with E-state index in [0.29, 0.717) is 31.4 Å². The summed E-state index contributed by atoms with van der Waals surface area (Å²) in [4.78, 5) is 39.2. The molecule has 0 atom stereocenters. The van der Waals surface area contributed by atoms with Gasteiger partial charge in [0, 0.05) is 50.1 Å². The Bertz CT molecular complexity index is 1310. The number of nitrogens with zero attached hydrogens (tertiary/aromatic N) is 4. The normalized spacial score (nSPS) is 18.2. The quantitative estimate of drug-likeness (QED) is 0.407. The first-order chi connectivity index (χ1) is 18.9. The smallest absolute Gasteiger partial charge is 0.272 e. The molecule has 39 heavy (non-hydrogen) atoms. The van der Waals surface area contributed by atoms with Crippen LogP contribution in [0.25, 0.3) is 10.9 Å². The molecule has 5 rings (SSSR count). The van der Waals surface area contributed by atoms with Gasteiger partial charge in [0.25, 0.3) is 5.91 Å². The third-order valence-electron chi connectivity index (χ3n) is 8.49. The molecule has 2 amide bonds. The Hall–Kier alpha value is -3.25. The number of para-hydroxylation sites is 2. The van der Waals surface area contributed by atoms with Crippen molar-refractivity contribution < 1.29 is 9.59 Å². The molecule has 0 bridgehead atoms. The minimum absolute atomic E-state index is 0.0682. The van der Waals surface area contributed by atoms with Crippen LogP contribution in [-0.4, -0.2) is 58.8 Å². The van der Waals surface area contributed by atoms with Crippen molar-refractivity contribution in [3.05, 3.63) is 71.4 Å². The van der Waals surface area contributed by atoms with Crippen LogP contribution in [0, 0.1) is 12.8 Å². The Morgan fingerprint density at radius 2 is 1.64 bits per heavy atom. The zero-order valence-electron chi connectivity index (χ0n) is 23.7. The molecule has 1 aliphatic heterocycles. The fourth-order valence-electron chi connectivity index (χ4n) is 6.25. The van der Waals surface area contributed by atoms with Crippen molar-refractivity contribution in [2.24, 2.45) is 5.92 Å². The number of carbonyl (C=O) groups excluding carboxylic acids is 2. The summed E-state index contributed by atoms with van der Waals surface area (Å²) in [5.41, 5.74) is 4.41. The molecule has 0 saturated heterocycles. The van der Waals surface area contributed by atoms with Crippen LogP contribution in [0.3, 0.4) is 0 Å². The third kappa shape index (κ3) is 6.17. The Morgan fingerprint density at radius 1 is 0.846 bits per heavy atom. The lowest BCUT2D eigenvalue weighted by atomic mass is 9.87. The van der Waals surface area contributed by atoms with Crippen LogP contribution < -0.4 is 4.90 Å². The molecule has 2 aliphatic rings. The second-order valence-electron chi connectivity index (χ2n) is 11.5. The minimum Gasteiger partial charge on any atom is -0.332 e. The predicted molar refractivity (Wildman–Crippen MR) is 158 cm³/mol. The molecule has 0 N–H and O–H groups in total. The van der Waals surface area contributed by atoms with Crippen LogP contribution in [-0.2, 0) is 11.3 Å². The van der Waals surface area contributed by atoms with E-state index in [0.717, 1.165) is 72.9 Å². The number of benzene rings is 2. The highest BCUT2D eigenvalue weighted by Gasteiger charge is 2.30. The lowest BCUT2D eigenvalue weighted by Gasteiger charge is -2.33. The van der Waals surface area contributed by atoms with E-state index < -0.39 is 0 Å². The van der Waals surface area contributed by atoms with Gasteiger partial charge in [-0.15, -0.1) is 0 Å². The maximum Gasteiger partial charge on any atom is 0.272 e. The summed E-state index contributed by atoms with van der Waals surface area (Å²) < 4.78 is 0. The van der Waals surface area contributed by atoms with Crippen LogP contribution in [0.4, 0.5) is 5.69 Å². The third-order valence-corrected chi connectivity index (χ3v) is 8.49. The maximum atomic E-state index is 14.0. The number of anilines is 1. The van der Waals surface area contributed by atoms with E-state index in [-0.39, 0.29) is 17.7 Å². The highest BCUT2D eigenvalue weighted by molar-refractivity contribution is 5.97. The zero-order valence-corrected chi connectivity index (χ0v) is 23.7. The van der Waals surface area contributed by atoms with Crippen LogP contribution >= 0.6 is 0 Å². The first-order valence-corrected chi connectivity index (χ1v) is 14.7. The van der Waals surface area contributed by atoms with Gasteiger partial charge in [0.05, 0.1) is 11.2 Å². The summed E-state index contributed by atoms with van der Waals surface area (Å²) in [6, 6.07) is 18.3. The van der Waals surface area contributed by atoms with Crippen LogP contribution in [0.5, 0.6) is 0 Å². The van der Waals surface area contributed by atoms with Crippen molar-refractivity contribution in [2.75, 3.05) is 31.1 Å². The Kier molecular flexibility index (Phi) is 8.61. The minimum atomic E-state index is -0.0682. The first-order valence-electron chi connectivity index (χ1n) is 14.7. The number of hydrogen-bond donors (Lipinski definition) is 0. The maximum absolute atomic E-state index is 14.0. The molecule has 0 radical (unpaired) electrons. The topological polar surface area (TPSA) is 56.8 Å². The van der Waals surface area contributed by atoms with Crippen LogP contribution in [0.1, 0.15) is 74.0 Å². The van der Waals surface area contributed by atoms with E-state index in [1.54, 1.807) is 0 Å². The van der Waals surface area contributed by atoms with Crippen LogP contribution in [0.2, 0.25) is 0 Å². The molecule has 1 aromatic heterocycles. The Morgan fingerprint density at radius 3 is 2.44 bits per heavy atom. The van der Waals surface area contributed by atoms with E-state index in [4.69, 9.17) is 4.98 Å². The number of amides is 2. The molecular formula is C33H42N4O2. The fraction of sp³-hybridized carbons (Fsp3) is 0.485. The van der Waals surface area contributed by atoms with Gasteiger partial charge in [-0.25, -0.2) is 4.98 Å². The van der Waals surface area contributed by atoms with Gasteiger partial charge >= 0.3 is 0 Å². The van der Waals surface area contributed by atoms with Crippen molar-refractivity contribution in [2.45, 2.75) is 71.9 Å². The van der Waals surface area contributed by atoms with Gasteiger partial charge in [0.2, 0.25) is 5.91 Å². The molecule has 0 unspecified atom stereocenters. The lowest BCUT2D eigenvalue weighted by molar-refractivity contribution is -0.123. The van der Waals surface area contributed by atoms with E-state index in [2.05, 4.69) is 48.8 Å². The van der Waals surface area contributed by atoms with Gasteiger partial charge in [-0.3, -0.25) is 14.5 Å². The molecular weight excluding hydrogens is 484 g/mol. The van der Waals surface area contributed by atoms with Gasteiger partial charge in [-0.1, -0.05) is 61.7 Å². The van der Waals surface area contributed by atoms with E-state index in [1.165, 1.54) is 6.42 Å². The summed E-state index contributed by atoms with van der Waals surface area (Å²) in [6.07, 6.45) is 6.35. The van der Waals surface area contributed by atoms with Crippen molar-refractivity contribution in [1.29, 1.82) is 0 Å². The van der Waals surface area contributed by atoms with Crippen molar-refractivity contribution in [3.8, 4) is 0 Å². The highest BCUT2D eigenvalue weighted by Crippen LogP contribution is 2.33. The molecule has 6 heteroatoms. The molecule has 6 nitrogen and oxygen atoms in total. The second-order valence-corrected chi connectivity index (χ2v) is 11.5. The van der Waals surface area contributed by atoms with Gasteiger partial charge in [-0.05, 0) is 63.3 Å². The molecule has 2 aromatic carbocycles. The number of rotatable bonds is 3. The van der Waals surface area contributed by atoms with E-state index in [1.807, 2.05) is 41.3 Å². The van der Waals surface area contributed by atoms with E-state index in [9.17, 15) is 9.59 Å². The van der Waals surface area contributed by atoms with Gasteiger partial charge in [-0.2, -0.15) is 0 Å². The first kappa shape index (κ1) is 27.3. The molecule has 1 saturated carbocycles. The summed E-state index contributed by atoms with van der Waals surface area (Å²) in [7, 11) is 0.